The van der Waals surface area contributed by atoms with E-state index in [1.807, 2.05) is 0 Å². The molecule has 1 aliphatic rings. The predicted octanol–water partition coefficient (Wildman–Crippen LogP) is 2.34. The van der Waals surface area contributed by atoms with Crippen LogP contribution in [0.3, 0.4) is 0 Å². The molecule has 172 valence electrons. The van der Waals surface area contributed by atoms with Gasteiger partial charge in [-0.2, -0.15) is 0 Å². The van der Waals surface area contributed by atoms with Gasteiger partial charge in [-0.25, -0.2) is 13.1 Å². The van der Waals surface area contributed by atoms with E-state index in [1.165, 1.54) is 50.5 Å². The summed E-state index contributed by atoms with van der Waals surface area (Å²) in [7, 11) is -3.70. The van der Waals surface area contributed by atoms with Gasteiger partial charge in [-0.3, -0.25) is 9.59 Å². The van der Waals surface area contributed by atoms with Crippen LogP contribution in [0.2, 0.25) is 0 Å². The average Bonchev–Trinajstić information content (AvgIpc) is 2.79. The van der Waals surface area contributed by atoms with Crippen molar-refractivity contribution in [3.63, 3.8) is 0 Å². The number of benzene rings is 2. The third-order valence-electron chi connectivity index (χ3n) is 5.33. The van der Waals surface area contributed by atoms with Crippen LogP contribution in [-0.4, -0.2) is 51.3 Å². The first-order valence-corrected chi connectivity index (χ1v) is 12.3. The number of amides is 2. The summed E-state index contributed by atoms with van der Waals surface area (Å²) in [4.78, 5) is 25.9. The highest BCUT2D eigenvalue weighted by molar-refractivity contribution is 7.89. The molecule has 3 N–H and O–H groups in total. The molecule has 1 heterocycles. The minimum absolute atomic E-state index is 0.104. The molecule has 1 saturated heterocycles. The number of anilines is 1. The molecular weight excluding hydrogens is 428 g/mol. The molecule has 0 spiro atoms. The molecular formula is C23H30N4O4S. The topological polar surface area (TPSA) is 108 Å². The van der Waals surface area contributed by atoms with E-state index in [0.29, 0.717) is 17.8 Å². The van der Waals surface area contributed by atoms with Gasteiger partial charge in [-0.15, -0.1) is 0 Å². The van der Waals surface area contributed by atoms with E-state index in [4.69, 9.17) is 0 Å². The molecule has 0 aliphatic carbocycles. The number of carbonyl (C=O) groups is 2. The van der Waals surface area contributed by atoms with E-state index in [1.54, 1.807) is 24.3 Å². The lowest BCUT2D eigenvalue weighted by atomic mass is 10.1. The van der Waals surface area contributed by atoms with Crippen molar-refractivity contribution in [2.75, 3.05) is 31.5 Å². The van der Waals surface area contributed by atoms with Gasteiger partial charge in [0.2, 0.25) is 15.9 Å². The zero-order valence-electron chi connectivity index (χ0n) is 18.3. The highest BCUT2D eigenvalue weighted by Crippen LogP contribution is 2.15. The van der Waals surface area contributed by atoms with Crippen LogP contribution in [0, 0.1) is 0 Å². The molecule has 0 unspecified atom stereocenters. The van der Waals surface area contributed by atoms with Crippen LogP contribution in [0.4, 0.5) is 5.69 Å². The smallest absolute Gasteiger partial charge is 0.251 e. The third kappa shape index (κ3) is 7.15. The number of hydrogen-bond acceptors (Lipinski definition) is 5. The van der Waals surface area contributed by atoms with E-state index in [0.717, 1.165) is 25.2 Å². The molecule has 8 nitrogen and oxygen atoms in total. The summed E-state index contributed by atoms with van der Waals surface area (Å²) in [5.74, 6) is -0.355. The van der Waals surface area contributed by atoms with Gasteiger partial charge in [0.25, 0.3) is 5.91 Å². The molecule has 32 heavy (non-hydrogen) atoms. The van der Waals surface area contributed by atoms with Gasteiger partial charge in [0, 0.05) is 37.8 Å². The second-order valence-corrected chi connectivity index (χ2v) is 9.65. The maximum Gasteiger partial charge on any atom is 0.251 e. The Morgan fingerprint density at radius 2 is 1.59 bits per heavy atom. The lowest BCUT2D eigenvalue weighted by Crippen LogP contribution is -2.37. The molecule has 0 radical (unpaired) electrons. The van der Waals surface area contributed by atoms with Crippen LogP contribution in [0.25, 0.3) is 0 Å². The fraction of sp³-hybridized carbons (Fsp3) is 0.391. The van der Waals surface area contributed by atoms with Gasteiger partial charge in [-0.1, -0.05) is 18.6 Å². The Morgan fingerprint density at radius 3 is 2.22 bits per heavy atom. The van der Waals surface area contributed by atoms with Crippen molar-refractivity contribution >= 4 is 27.5 Å². The Labute approximate surface area is 189 Å². The van der Waals surface area contributed by atoms with Crippen molar-refractivity contribution in [3.8, 4) is 0 Å². The van der Waals surface area contributed by atoms with Crippen molar-refractivity contribution < 1.29 is 18.0 Å². The van der Waals surface area contributed by atoms with Gasteiger partial charge < -0.3 is 15.5 Å². The molecule has 0 aromatic heterocycles. The first-order chi connectivity index (χ1) is 15.3. The zero-order chi connectivity index (χ0) is 23.0. The second kappa shape index (κ2) is 11.2. The normalized spacial score (nSPS) is 14.7. The summed E-state index contributed by atoms with van der Waals surface area (Å²) in [6, 6.07) is 12.8. The monoisotopic (exact) mass is 458 g/mol. The van der Waals surface area contributed by atoms with E-state index in [9.17, 15) is 18.0 Å². The van der Waals surface area contributed by atoms with Crippen molar-refractivity contribution in [3.05, 3.63) is 59.7 Å². The number of likely N-dealkylation sites (tertiary alicyclic amines) is 1. The Balaban J connectivity index is 1.48. The highest BCUT2D eigenvalue weighted by atomic mass is 32.2. The molecule has 2 amide bonds. The minimum Gasteiger partial charge on any atom is -0.351 e. The van der Waals surface area contributed by atoms with Crippen LogP contribution in [0.5, 0.6) is 0 Å². The fourth-order valence-corrected chi connectivity index (χ4v) is 4.59. The summed E-state index contributed by atoms with van der Waals surface area (Å²) >= 11 is 0. The highest BCUT2D eigenvalue weighted by Gasteiger charge is 2.14. The fourth-order valence-electron chi connectivity index (χ4n) is 3.57. The van der Waals surface area contributed by atoms with Crippen LogP contribution >= 0.6 is 0 Å². The lowest BCUT2D eigenvalue weighted by Gasteiger charge is -2.26. The summed E-state index contributed by atoms with van der Waals surface area (Å²) in [5.41, 5.74) is 1.82. The summed E-state index contributed by atoms with van der Waals surface area (Å²) in [6.45, 7) is 5.15. The van der Waals surface area contributed by atoms with E-state index >= 15 is 0 Å². The van der Waals surface area contributed by atoms with Crippen LogP contribution < -0.4 is 15.4 Å². The Kier molecular flexibility index (Phi) is 8.38. The van der Waals surface area contributed by atoms with Crippen molar-refractivity contribution in [2.45, 2.75) is 37.6 Å². The lowest BCUT2D eigenvalue weighted by molar-refractivity contribution is -0.114. The number of nitrogens with one attached hydrogen (secondary N) is 3. The first kappa shape index (κ1) is 23.9. The van der Waals surface area contributed by atoms with Crippen LogP contribution in [0.15, 0.2) is 53.4 Å². The Morgan fingerprint density at radius 1 is 0.938 bits per heavy atom. The van der Waals surface area contributed by atoms with E-state index < -0.39 is 10.0 Å². The quantitative estimate of drug-likeness (QED) is 0.535. The average molecular weight is 459 g/mol. The zero-order valence-corrected chi connectivity index (χ0v) is 19.1. The SMILES string of the molecule is CC(=O)Nc1ccc(S(=O)(=O)NCc2ccc(C(=O)NCCN3CCCCC3)cc2)cc1. The number of nitrogens with zero attached hydrogens (tertiary/aromatic N) is 1. The van der Waals surface area contributed by atoms with Gasteiger partial charge in [0.1, 0.15) is 0 Å². The molecule has 0 saturated carbocycles. The molecule has 2 aromatic rings. The van der Waals surface area contributed by atoms with Gasteiger partial charge in [0.05, 0.1) is 4.90 Å². The van der Waals surface area contributed by atoms with Crippen molar-refractivity contribution in [1.82, 2.24) is 14.9 Å². The summed E-state index contributed by atoms with van der Waals surface area (Å²) in [6.07, 6.45) is 3.74. The molecule has 3 rings (SSSR count). The summed E-state index contributed by atoms with van der Waals surface area (Å²) in [5, 5.41) is 5.54. The van der Waals surface area contributed by atoms with Gasteiger partial charge in [0.15, 0.2) is 0 Å². The second-order valence-electron chi connectivity index (χ2n) is 7.89. The largest absolute Gasteiger partial charge is 0.351 e. The van der Waals surface area contributed by atoms with Crippen LogP contribution in [0.1, 0.15) is 42.1 Å². The molecule has 2 aromatic carbocycles. The number of hydrogen-bond donors (Lipinski definition) is 3. The molecule has 9 heteroatoms. The number of rotatable bonds is 9. The minimum atomic E-state index is -3.70. The van der Waals surface area contributed by atoms with Crippen molar-refractivity contribution in [1.29, 1.82) is 0 Å². The molecule has 1 fully saturated rings. The van der Waals surface area contributed by atoms with Crippen LogP contribution in [-0.2, 0) is 21.4 Å². The standard InChI is InChI=1S/C23H30N4O4S/c1-18(28)26-21-9-11-22(12-10-21)32(30,31)25-17-19-5-7-20(8-6-19)23(29)24-13-16-27-14-3-2-4-15-27/h5-12,25H,2-4,13-17H2,1H3,(H,24,29)(H,26,28). The molecule has 1 aliphatic heterocycles. The third-order valence-corrected chi connectivity index (χ3v) is 6.75. The van der Waals surface area contributed by atoms with Crippen molar-refractivity contribution in [2.24, 2.45) is 0 Å². The Hall–Kier alpha value is -2.75. The maximum atomic E-state index is 12.5. The molecule has 0 atom stereocenters. The predicted molar refractivity (Wildman–Crippen MR) is 124 cm³/mol. The number of carbonyl (C=O) groups excluding carboxylic acids is 2. The Bertz CT molecular complexity index is 1010. The first-order valence-electron chi connectivity index (χ1n) is 10.8. The number of sulfonamides is 1. The maximum absolute atomic E-state index is 12.5. The van der Waals surface area contributed by atoms with Gasteiger partial charge >= 0.3 is 0 Å². The van der Waals surface area contributed by atoms with E-state index in [2.05, 4.69) is 20.3 Å². The molecule has 0 bridgehead atoms. The number of piperidine rings is 1. The van der Waals surface area contributed by atoms with Gasteiger partial charge in [-0.05, 0) is 67.9 Å². The summed E-state index contributed by atoms with van der Waals surface area (Å²) < 4.78 is 27.5. The van der Waals surface area contributed by atoms with E-state index in [-0.39, 0.29) is 23.3 Å².